The minimum absolute atomic E-state index is 0. The zero-order valence-electron chi connectivity index (χ0n) is 13.9. The van der Waals surface area contributed by atoms with Crippen molar-refractivity contribution in [2.45, 2.75) is 44.3 Å². The van der Waals surface area contributed by atoms with E-state index < -0.39 is 0 Å². The predicted octanol–water partition coefficient (Wildman–Crippen LogP) is 2.52. The molecule has 2 aliphatic rings. The summed E-state index contributed by atoms with van der Waals surface area (Å²) in [6, 6.07) is 9.48. The van der Waals surface area contributed by atoms with Crippen molar-refractivity contribution in [3.05, 3.63) is 29.8 Å². The normalized spacial score (nSPS) is 21.9. The van der Waals surface area contributed by atoms with Crippen molar-refractivity contribution in [2.24, 2.45) is 10.7 Å². The maximum atomic E-state index is 6.08. The number of nitrogens with zero attached hydrogens (tertiary/aromatic N) is 2. The lowest BCUT2D eigenvalue weighted by Gasteiger charge is -2.27. The van der Waals surface area contributed by atoms with E-state index in [2.05, 4.69) is 35.2 Å². The fraction of sp³-hybridized carbons (Fsp3) is 0.588. The summed E-state index contributed by atoms with van der Waals surface area (Å²) in [4.78, 5) is 6.93. The Morgan fingerprint density at radius 3 is 2.87 bits per heavy atom. The van der Waals surface area contributed by atoms with Crippen molar-refractivity contribution in [2.75, 3.05) is 20.2 Å². The minimum Gasteiger partial charge on any atom is -0.493 e. The van der Waals surface area contributed by atoms with Crippen LogP contribution in [0.4, 0.5) is 0 Å². The first-order chi connectivity index (χ1) is 10.6. The van der Waals surface area contributed by atoms with Gasteiger partial charge in [0.05, 0.1) is 19.2 Å². The molecule has 0 aromatic heterocycles. The summed E-state index contributed by atoms with van der Waals surface area (Å²) in [7, 11) is 2.18. The quantitative estimate of drug-likeness (QED) is 0.428. The largest absolute Gasteiger partial charge is 0.493 e. The molecule has 1 aromatic carbocycles. The van der Waals surface area contributed by atoms with Gasteiger partial charge in [-0.1, -0.05) is 18.2 Å². The van der Waals surface area contributed by atoms with Crippen LogP contribution in [0.5, 0.6) is 5.75 Å². The van der Waals surface area contributed by atoms with Crippen molar-refractivity contribution in [1.82, 2.24) is 10.2 Å². The van der Waals surface area contributed by atoms with Gasteiger partial charge in [0.1, 0.15) is 5.75 Å². The standard InChI is InChI=1S/C17H26N4O.HI/c1-12(21(2)13-7-8-13)11-19-17(18)20-15-9-10-22-16-6-4-3-5-14(15)16;/h3-6,12-13,15H,7-11H2,1-2H3,(H3,18,19,20);1H. The molecule has 0 radical (unpaired) electrons. The van der Waals surface area contributed by atoms with Crippen LogP contribution >= 0.6 is 24.0 Å². The van der Waals surface area contributed by atoms with Gasteiger partial charge < -0.3 is 15.8 Å². The van der Waals surface area contributed by atoms with Gasteiger partial charge in [0.25, 0.3) is 0 Å². The second-order valence-corrected chi connectivity index (χ2v) is 6.34. The topological polar surface area (TPSA) is 62.9 Å². The number of guanidine groups is 1. The molecule has 128 valence electrons. The molecule has 1 saturated carbocycles. The SMILES string of the molecule is CC(CN=C(N)NC1CCOc2ccccc21)N(C)C1CC1.I. The monoisotopic (exact) mass is 430 g/mol. The van der Waals surface area contributed by atoms with E-state index in [4.69, 9.17) is 10.5 Å². The van der Waals surface area contributed by atoms with Crippen LogP contribution in [0.3, 0.4) is 0 Å². The van der Waals surface area contributed by atoms with Crippen molar-refractivity contribution >= 4 is 29.9 Å². The van der Waals surface area contributed by atoms with E-state index in [-0.39, 0.29) is 30.0 Å². The lowest BCUT2D eigenvalue weighted by atomic mass is 10.0. The van der Waals surface area contributed by atoms with E-state index in [1.165, 1.54) is 12.8 Å². The molecule has 0 spiro atoms. The summed E-state index contributed by atoms with van der Waals surface area (Å²) in [5.41, 5.74) is 7.24. The zero-order chi connectivity index (χ0) is 15.5. The van der Waals surface area contributed by atoms with Crippen molar-refractivity contribution in [1.29, 1.82) is 0 Å². The Kier molecular flexibility index (Phi) is 6.52. The first-order valence-corrected chi connectivity index (χ1v) is 8.15. The maximum absolute atomic E-state index is 6.08. The molecular weight excluding hydrogens is 403 g/mol. The number of benzene rings is 1. The Morgan fingerprint density at radius 1 is 1.39 bits per heavy atom. The average molecular weight is 430 g/mol. The molecule has 5 nitrogen and oxygen atoms in total. The lowest BCUT2D eigenvalue weighted by molar-refractivity contribution is 0.252. The van der Waals surface area contributed by atoms with Crippen LogP contribution < -0.4 is 15.8 Å². The predicted molar refractivity (Wildman–Crippen MR) is 105 cm³/mol. The molecule has 0 bridgehead atoms. The van der Waals surface area contributed by atoms with Crippen LogP contribution in [0.1, 0.15) is 37.8 Å². The second-order valence-electron chi connectivity index (χ2n) is 6.34. The number of likely N-dealkylation sites (N-methyl/N-ethyl adjacent to an activating group) is 1. The third-order valence-corrected chi connectivity index (χ3v) is 4.62. The van der Waals surface area contributed by atoms with Crippen LogP contribution in [-0.4, -0.2) is 43.1 Å². The molecule has 1 aromatic rings. The van der Waals surface area contributed by atoms with E-state index in [0.717, 1.165) is 30.3 Å². The van der Waals surface area contributed by atoms with Gasteiger partial charge in [0, 0.05) is 24.1 Å². The molecule has 2 unspecified atom stereocenters. The summed E-state index contributed by atoms with van der Waals surface area (Å²) < 4.78 is 5.67. The number of nitrogens with one attached hydrogen (secondary N) is 1. The van der Waals surface area contributed by atoms with Gasteiger partial charge in [-0.05, 0) is 32.9 Å². The first-order valence-electron chi connectivity index (χ1n) is 8.15. The number of ether oxygens (including phenoxy) is 1. The fourth-order valence-corrected chi connectivity index (χ4v) is 2.92. The highest BCUT2D eigenvalue weighted by molar-refractivity contribution is 14.0. The number of rotatable bonds is 5. The van der Waals surface area contributed by atoms with Gasteiger partial charge in [0.15, 0.2) is 5.96 Å². The Bertz CT molecular complexity index is 547. The number of nitrogens with two attached hydrogens (primary N) is 1. The number of hydrogen-bond acceptors (Lipinski definition) is 3. The number of halogens is 1. The highest BCUT2D eigenvalue weighted by atomic mass is 127. The first kappa shape index (κ1) is 18.3. The van der Waals surface area contributed by atoms with Crippen molar-refractivity contribution in [3.8, 4) is 5.75 Å². The summed E-state index contributed by atoms with van der Waals surface area (Å²) in [6.45, 7) is 3.65. The van der Waals surface area contributed by atoms with E-state index in [0.29, 0.717) is 18.6 Å². The van der Waals surface area contributed by atoms with E-state index >= 15 is 0 Å². The number of hydrogen-bond donors (Lipinski definition) is 2. The number of aliphatic imine (C=N–C) groups is 1. The van der Waals surface area contributed by atoms with Gasteiger partial charge in [-0.25, -0.2) is 0 Å². The van der Waals surface area contributed by atoms with Gasteiger partial charge in [-0.3, -0.25) is 9.89 Å². The lowest BCUT2D eigenvalue weighted by Crippen LogP contribution is -2.39. The molecule has 0 amide bonds. The molecule has 1 heterocycles. The number of para-hydroxylation sites is 1. The number of fused-ring (bicyclic) bond motifs is 1. The molecule has 1 aliphatic carbocycles. The molecule has 3 N–H and O–H groups in total. The Hall–Kier alpha value is -1.02. The highest BCUT2D eigenvalue weighted by Gasteiger charge is 2.29. The molecule has 1 fully saturated rings. The van der Waals surface area contributed by atoms with E-state index in [1.54, 1.807) is 0 Å². The molecule has 23 heavy (non-hydrogen) atoms. The van der Waals surface area contributed by atoms with Crippen molar-refractivity contribution in [3.63, 3.8) is 0 Å². The second kappa shape index (κ2) is 8.19. The van der Waals surface area contributed by atoms with Gasteiger partial charge >= 0.3 is 0 Å². The minimum atomic E-state index is 0. The van der Waals surface area contributed by atoms with E-state index in [9.17, 15) is 0 Å². The van der Waals surface area contributed by atoms with Crippen molar-refractivity contribution < 1.29 is 4.74 Å². The van der Waals surface area contributed by atoms with Crippen LogP contribution in [0, 0.1) is 0 Å². The van der Waals surface area contributed by atoms with Crippen LogP contribution in [0.2, 0.25) is 0 Å². The Labute approximate surface area is 155 Å². The third-order valence-electron chi connectivity index (χ3n) is 4.62. The molecule has 3 rings (SSSR count). The summed E-state index contributed by atoms with van der Waals surface area (Å²) in [6.07, 6.45) is 3.54. The van der Waals surface area contributed by atoms with Crippen LogP contribution in [0.25, 0.3) is 0 Å². The molecule has 2 atom stereocenters. The summed E-state index contributed by atoms with van der Waals surface area (Å²) in [5, 5.41) is 3.34. The fourth-order valence-electron chi connectivity index (χ4n) is 2.92. The van der Waals surface area contributed by atoms with Gasteiger partial charge in [0.2, 0.25) is 0 Å². The van der Waals surface area contributed by atoms with Crippen LogP contribution in [0.15, 0.2) is 29.3 Å². The van der Waals surface area contributed by atoms with Gasteiger partial charge in [-0.2, -0.15) is 0 Å². The molecule has 1 aliphatic heterocycles. The van der Waals surface area contributed by atoms with Gasteiger partial charge in [-0.15, -0.1) is 24.0 Å². The third kappa shape index (κ3) is 4.73. The summed E-state index contributed by atoms with van der Waals surface area (Å²) in [5.74, 6) is 1.47. The van der Waals surface area contributed by atoms with Crippen LogP contribution in [-0.2, 0) is 0 Å². The molecule has 0 saturated heterocycles. The molecular formula is C17H27IN4O. The van der Waals surface area contributed by atoms with E-state index in [1.807, 2.05) is 18.2 Å². The Balaban J connectivity index is 0.00000192. The Morgan fingerprint density at radius 2 is 2.13 bits per heavy atom. The zero-order valence-corrected chi connectivity index (χ0v) is 16.2. The maximum Gasteiger partial charge on any atom is 0.189 e. The smallest absolute Gasteiger partial charge is 0.189 e. The average Bonchev–Trinajstić information content (AvgIpc) is 3.37. The summed E-state index contributed by atoms with van der Waals surface area (Å²) >= 11 is 0. The highest BCUT2D eigenvalue weighted by Crippen LogP contribution is 2.31. The molecule has 6 heteroatoms.